The van der Waals surface area contributed by atoms with Gasteiger partial charge in [-0.15, -0.1) is 11.3 Å². The Morgan fingerprint density at radius 1 is 1.40 bits per heavy atom. The molecule has 1 aromatic heterocycles. The van der Waals surface area contributed by atoms with Gasteiger partial charge in [0, 0.05) is 18.0 Å². The Labute approximate surface area is 123 Å². The van der Waals surface area contributed by atoms with Gasteiger partial charge in [-0.1, -0.05) is 0 Å². The van der Waals surface area contributed by atoms with Gasteiger partial charge in [0.05, 0.1) is 25.8 Å². The first-order chi connectivity index (χ1) is 9.56. The van der Waals surface area contributed by atoms with Crippen molar-refractivity contribution in [3.63, 3.8) is 0 Å². The molecule has 1 aromatic rings. The number of methoxy groups -OCH3 is 1. The number of aryl methyl sites for hydroxylation is 2. The minimum Gasteiger partial charge on any atom is -0.469 e. The van der Waals surface area contributed by atoms with Crippen molar-refractivity contribution in [1.82, 2.24) is 15.6 Å². The monoisotopic (exact) mass is 298 g/mol. The zero-order chi connectivity index (χ0) is 15.0. The van der Waals surface area contributed by atoms with E-state index in [2.05, 4.69) is 32.3 Å². The van der Waals surface area contributed by atoms with Crippen molar-refractivity contribution >= 4 is 23.3 Å². The Kier molecular flexibility index (Phi) is 7.00. The van der Waals surface area contributed by atoms with Crippen molar-refractivity contribution in [2.45, 2.75) is 33.7 Å². The number of hydrogen-bond donors (Lipinski definition) is 2. The predicted octanol–water partition coefficient (Wildman–Crippen LogP) is 1.38. The van der Waals surface area contributed by atoms with E-state index in [4.69, 9.17) is 0 Å². The normalized spacial score (nSPS) is 11.3. The van der Waals surface area contributed by atoms with Gasteiger partial charge in [-0.2, -0.15) is 0 Å². The number of aliphatic imine (C=N–C) groups is 1. The average Bonchev–Trinajstić information content (AvgIpc) is 2.75. The summed E-state index contributed by atoms with van der Waals surface area (Å²) in [6.07, 6.45) is 0.316. The van der Waals surface area contributed by atoms with Gasteiger partial charge in [0.15, 0.2) is 5.96 Å². The van der Waals surface area contributed by atoms with Crippen LogP contribution >= 0.6 is 11.3 Å². The summed E-state index contributed by atoms with van der Waals surface area (Å²) in [5.41, 5.74) is 1.06. The molecular formula is C13H22N4O2S. The van der Waals surface area contributed by atoms with Crippen molar-refractivity contribution in [2.24, 2.45) is 4.99 Å². The van der Waals surface area contributed by atoms with Crippen molar-refractivity contribution in [3.05, 3.63) is 15.6 Å². The maximum atomic E-state index is 11.0. The molecule has 2 N–H and O–H groups in total. The van der Waals surface area contributed by atoms with Crippen LogP contribution in [0.4, 0.5) is 0 Å². The standard InChI is InChI=1S/C13H22N4O2S/c1-5-14-13(15-7-6-12(18)19-4)16-8-11-17-9(2)10(3)20-11/h5-8H2,1-4H3,(H2,14,15,16). The molecule has 1 rings (SSSR count). The molecule has 0 radical (unpaired) electrons. The van der Waals surface area contributed by atoms with E-state index in [-0.39, 0.29) is 5.97 Å². The molecular weight excluding hydrogens is 276 g/mol. The molecule has 0 amide bonds. The maximum absolute atomic E-state index is 11.0. The van der Waals surface area contributed by atoms with Crippen molar-refractivity contribution in [3.8, 4) is 0 Å². The molecule has 0 saturated carbocycles. The molecule has 6 nitrogen and oxygen atoms in total. The van der Waals surface area contributed by atoms with Crippen LogP contribution in [0.2, 0.25) is 0 Å². The fourth-order valence-electron chi connectivity index (χ4n) is 1.48. The second-order valence-corrected chi connectivity index (χ2v) is 5.49. The van der Waals surface area contributed by atoms with Crippen LogP contribution in [0.5, 0.6) is 0 Å². The summed E-state index contributed by atoms with van der Waals surface area (Å²) in [5, 5.41) is 7.21. The third-order valence-corrected chi connectivity index (χ3v) is 3.70. The first-order valence-corrected chi connectivity index (χ1v) is 7.40. The van der Waals surface area contributed by atoms with E-state index < -0.39 is 0 Å². The second-order valence-electron chi connectivity index (χ2n) is 4.20. The highest BCUT2D eigenvalue weighted by Gasteiger charge is 2.04. The van der Waals surface area contributed by atoms with Gasteiger partial charge in [-0.3, -0.25) is 4.79 Å². The first kappa shape index (κ1) is 16.4. The lowest BCUT2D eigenvalue weighted by Gasteiger charge is -2.10. The maximum Gasteiger partial charge on any atom is 0.307 e. The topological polar surface area (TPSA) is 75.6 Å². The fourth-order valence-corrected chi connectivity index (χ4v) is 2.34. The number of carbonyl (C=O) groups excluding carboxylic acids is 1. The number of carbonyl (C=O) groups is 1. The van der Waals surface area contributed by atoms with Gasteiger partial charge < -0.3 is 15.4 Å². The van der Waals surface area contributed by atoms with E-state index in [1.54, 1.807) is 11.3 Å². The van der Waals surface area contributed by atoms with Crippen LogP contribution < -0.4 is 10.6 Å². The molecule has 0 atom stereocenters. The molecule has 0 fully saturated rings. The summed E-state index contributed by atoms with van der Waals surface area (Å²) in [7, 11) is 1.38. The van der Waals surface area contributed by atoms with E-state index in [0.29, 0.717) is 25.5 Å². The van der Waals surface area contributed by atoms with E-state index in [0.717, 1.165) is 17.2 Å². The van der Waals surface area contributed by atoms with Crippen LogP contribution in [0.25, 0.3) is 0 Å². The molecule has 1 heterocycles. The predicted molar refractivity (Wildman–Crippen MR) is 81.0 cm³/mol. The van der Waals surface area contributed by atoms with Crippen LogP contribution in [-0.2, 0) is 16.1 Å². The molecule has 0 aliphatic carbocycles. The average molecular weight is 298 g/mol. The number of ether oxygens (including phenoxy) is 1. The highest BCUT2D eigenvalue weighted by atomic mass is 32.1. The summed E-state index contributed by atoms with van der Waals surface area (Å²) in [5.74, 6) is 0.446. The van der Waals surface area contributed by atoms with Gasteiger partial charge in [-0.25, -0.2) is 9.98 Å². The van der Waals surface area contributed by atoms with Gasteiger partial charge in [0.25, 0.3) is 0 Å². The Balaban J connectivity index is 2.51. The minimum atomic E-state index is -0.237. The highest BCUT2D eigenvalue weighted by molar-refractivity contribution is 7.11. The molecule has 0 aromatic carbocycles. The van der Waals surface area contributed by atoms with Crippen molar-refractivity contribution in [1.29, 1.82) is 0 Å². The number of hydrogen-bond acceptors (Lipinski definition) is 5. The largest absolute Gasteiger partial charge is 0.469 e. The number of aromatic nitrogens is 1. The van der Waals surface area contributed by atoms with Gasteiger partial charge in [0.1, 0.15) is 5.01 Å². The number of esters is 1. The fraction of sp³-hybridized carbons (Fsp3) is 0.615. The van der Waals surface area contributed by atoms with Crippen LogP contribution in [0.15, 0.2) is 4.99 Å². The Morgan fingerprint density at radius 2 is 2.15 bits per heavy atom. The summed E-state index contributed by atoms with van der Waals surface area (Å²) >= 11 is 1.66. The summed E-state index contributed by atoms with van der Waals surface area (Å²) in [6.45, 7) is 7.84. The van der Waals surface area contributed by atoms with Crippen LogP contribution in [0.3, 0.4) is 0 Å². The van der Waals surface area contributed by atoms with E-state index >= 15 is 0 Å². The molecule has 0 bridgehead atoms. The van der Waals surface area contributed by atoms with E-state index in [1.807, 2.05) is 13.8 Å². The van der Waals surface area contributed by atoms with Gasteiger partial charge >= 0.3 is 5.97 Å². The van der Waals surface area contributed by atoms with E-state index in [1.165, 1.54) is 12.0 Å². The molecule has 0 aliphatic heterocycles. The SMILES string of the molecule is CCNC(=NCc1nc(C)c(C)s1)NCCC(=O)OC. The number of nitrogens with one attached hydrogen (secondary N) is 2. The number of rotatable bonds is 6. The molecule has 20 heavy (non-hydrogen) atoms. The first-order valence-electron chi connectivity index (χ1n) is 6.58. The Bertz CT molecular complexity index is 451. The molecule has 0 aliphatic rings. The quantitative estimate of drug-likeness (QED) is 0.471. The zero-order valence-corrected chi connectivity index (χ0v) is 13.3. The molecule has 7 heteroatoms. The Hall–Kier alpha value is -1.63. The minimum absolute atomic E-state index is 0.237. The van der Waals surface area contributed by atoms with Crippen LogP contribution in [-0.4, -0.2) is 37.1 Å². The lowest BCUT2D eigenvalue weighted by molar-refractivity contribution is -0.140. The van der Waals surface area contributed by atoms with Gasteiger partial charge in [-0.05, 0) is 20.8 Å². The molecule has 0 spiro atoms. The van der Waals surface area contributed by atoms with Crippen molar-refractivity contribution < 1.29 is 9.53 Å². The van der Waals surface area contributed by atoms with Crippen LogP contribution in [0.1, 0.15) is 28.9 Å². The number of nitrogens with zero attached hydrogens (tertiary/aromatic N) is 2. The molecule has 112 valence electrons. The third kappa shape index (κ3) is 5.56. The smallest absolute Gasteiger partial charge is 0.307 e. The Morgan fingerprint density at radius 3 is 2.70 bits per heavy atom. The molecule has 0 unspecified atom stereocenters. The second kappa shape index (κ2) is 8.52. The van der Waals surface area contributed by atoms with E-state index in [9.17, 15) is 4.79 Å². The highest BCUT2D eigenvalue weighted by Crippen LogP contribution is 2.16. The number of thiazole rings is 1. The zero-order valence-electron chi connectivity index (χ0n) is 12.4. The molecule has 0 saturated heterocycles. The summed E-state index contributed by atoms with van der Waals surface area (Å²) in [6, 6.07) is 0. The summed E-state index contributed by atoms with van der Waals surface area (Å²) in [4.78, 5) is 21.2. The lowest BCUT2D eigenvalue weighted by atomic mass is 10.4. The lowest BCUT2D eigenvalue weighted by Crippen LogP contribution is -2.38. The number of guanidine groups is 1. The van der Waals surface area contributed by atoms with Gasteiger partial charge in [0.2, 0.25) is 0 Å². The van der Waals surface area contributed by atoms with Crippen molar-refractivity contribution in [2.75, 3.05) is 20.2 Å². The third-order valence-electron chi connectivity index (χ3n) is 2.64. The van der Waals surface area contributed by atoms with Crippen LogP contribution in [0, 0.1) is 13.8 Å². The summed E-state index contributed by atoms with van der Waals surface area (Å²) < 4.78 is 4.59.